The minimum atomic E-state index is 0.971. The lowest BCUT2D eigenvalue weighted by molar-refractivity contribution is 0.412. The maximum absolute atomic E-state index is 5.36. The van der Waals surface area contributed by atoms with Crippen LogP contribution in [0.5, 0.6) is 5.75 Å². The molecule has 0 atom stereocenters. The van der Waals surface area contributed by atoms with Gasteiger partial charge in [0, 0.05) is 25.7 Å². The number of thiophene rings is 1. The Labute approximate surface area is 98.3 Å². The maximum atomic E-state index is 5.36. The van der Waals surface area contributed by atoms with Gasteiger partial charge < -0.3 is 4.74 Å². The summed E-state index contributed by atoms with van der Waals surface area (Å²) < 4.78 is 8.03. The zero-order chi connectivity index (χ0) is 11.1. The Kier molecular flexibility index (Phi) is 2.11. The van der Waals surface area contributed by atoms with Gasteiger partial charge in [-0.3, -0.25) is 0 Å². The van der Waals surface area contributed by atoms with Gasteiger partial charge in [-0.05, 0) is 25.1 Å². The Balaban J connectivity index is 2.49. The molecule has 0 N–H and O–H groups in total. The van der Waals surface area contributed by atoms with E-state index in [2.05, 4.69) is 43.3 Å². The maximum Gasteiger partial charge on any atom is 0.123 e. The van der Waals surface area contributed by atoms with Gasteiger partial charge in [0.25, 0.3) is 0 Å². The number of ether oxygens (including phenoxy) is 1. The third-order valence-electron chi connectivity index (χ3n) is 2.97. The second-order valence-electron chi connectivity index (χ2n) is 3.87. The average molecular weight is 228 g/mol. The summed E-state index contributed by atoms with van der Waals surface area (Å²) in [6.45, 7) is 2.12. The van der Waals surface area contributed by atoms with Crippen molar-refractivity contribution in [3.63, 3.8) is 0 Å². The standard InChI is InChI=1S/C14H12OS/c1-9-12(15-2)8-7-11-10-5-3-4-6-13(10)16-14(9)11/h3-8H,1-2H3. The van der Waals surface area contributed by atoms with Crippen LogP contribution in [0.4, 0.5) is 0 Å². The first kappa shape index (κ1) is 9.67. The minimum absolute atomic E-state index is 0.971. The fourth-order valence-electron chi connectivity index (χ4n) is 2.13. The number of benzene rings is 2. The predicted molar refractivity (Wildman–Crippen MR) is 70.6 cm³/mol. The van der Waals surface area contributed by atoms with Gasteiger partial charge in [-0.15, -0.1) is 11.3 Å². The van der Waals surface area contributed by atoms with Gasteiger partial charge in [0.05, 0.1) is 7.11 Å². The van der Waals surface area contributed by atoms with Crippen LogP contribution in [0.3, 0.4) is 0 Å². The van der Waals surface area contributed by atoms with E-state index in [9.17, 15) is 0 Å². The first-order chi connectivity index (χ1) is 7.81. The lowest BCUT2D eigenvalue weighted by atomic mass is 10.1. The topological polar surface area (TPSA) is 9.23 Å². The van der Waals surface area contributed by atoms with Crippen molar-refractivity contribution < 1.29 is 4.74 Å². The predicted octanol–water partition coefficient (Wildman–Crippen LogP) is 4.37. The van der Waals surface area contributed by atoms with E-state index in [0.717, 1.165) is 5.75 Å². The molecule has 3 aromatic rings. The Hall–Kier alpha value is -1.54. The molecule has 3 rings (SSSR count). The van der Waals surface area contributed by atoms with Crippen molar-refractivity contribution in [3.8, 4) is 5.75 Å². The summed E-state index contributed by atoms with van der Waals surface area (Å²) in [4.78, 5) is 0. The summed E-state index contributed by atoms with van der Waals surface area (Å²) in [5, 5.41) is 2.67. The molecule has 1 heterocycles. The monoisotopic (exact) mass is 228 g/mol. The Morgan fingerprint density at radius 1 is 1.00 bits per heavy atom. The SMILES string of the molecule is COc1ccc2c(sc3ccccc32)c1C. The van der Waals surface area contributed by atoms with Crippen molar-refractivity contribution in [3.05, 3.63) is 42.0 Å². The molecule has 0 amide bonds. The quantitative estimate of drug-likeness (QED) is 0.601. The summed E-state index contributed by atoms with van der Waals surface area (Å²) in [7, 11) is 1.72. The highest BCUT2D eigenvalue weighted by Crippen LogP contribution is 2.38. The number of aryl methyl sites for hydroxylation is 1. The lowest BCUT2D eigenvalue weighted by Gasteiger charge is -2.04. The van der Waals surface area contributed by atoms with Crippen LogP contribution in [0.25, 0.3) is 20.2 Å². The van der Waals surface area contributed by atoms with E-state index in [4.69, 9.17) is 4.74 Å². The zero-order valence-corrected chi connectivity index (χ0v) is 10.1. The number of fused-ring (bicyclic) bond motifs is 3. The summed E-state index contributed by atoms with van der Waals surface area (Å²) >= 11 is 1.84. The lowest BCUT2D eigenvalue weighted by Crippen LogP contribution is -1.85. The summed E-state index contributed by atoms with van der Waals surface area (Å²) in [5.74, 6) is 0.971. The Morgan fingerprint density at radius 2 is 1.81 bits per heavy atom. The van der Waals surface area contributed by atoms with Gasteiger partial charge >= 0.3 is 0 Å². The molecule has 0 fully saturated rings. The molecule has 0 unspecified atom stereocenters. The third-order valence-corrected chi connectivity index (χ3v) is 4.27. The highest BCUT2D eigenvalue weighted by molar-refractivity contribution is 7.26. The molecule has 1 nitrogen and oxygen atoms in total. The normalized spacial score (nSPS) is 11.1. The van der Waals surface area contributed by atoms with Gasteiger partial charge in [-0.2, -0.15) is 0 Å². The van der Waals surface area contributed by atoms with Crippen molar-refractivity contribution >= 4 is 31.5 Å². The van der Waals surface area contributed by atoms with Crippen LogP contribution in [0.15, 0.2) is 36.4 Å². The van der Waals surface area contributed by atoms with Crippen LogP contribution in [-0.4, -0.2) is 7.11 Å². The minimum Gasteiger partial charge on any atom is -0.496 e. The van der Waals surface area contributed by atoms with Crippen LogP contribution >= 0.6 is 11.3 Å². The van der Waals surface area contributed by atoms with Crippen molar-refractivity contribution in [2.75, 3.05) is 7.11 Å². The zero-order valence-electron chi connectivity index (χ0n) is 9.28. The van der Waals surface area contributed by atoms with Gasteiger partial charge in [0.15, 0.2) is 0 Å². The van der Waals surface area contributed by atoms with E-state index >= 15 is 0 Å². The van der Waals surface area contributed by atoms with E-state index in [1.54, 1.807) is 7.11 Å². The smallest absolute Gasteiger partial charge is 0.123 e. The molecule has 0 spiro atoms. The molecule has 1 aromatic heterocycles. The van der Waals surface area contributed by atoms with E-state index in [1.807, 2.05) is 11.3 Å². The van der Waals surface area contributed by atoms with Crippen molar-refractivity contribution in [1.82, 2.24) is 0 Å². The van der Waals surface area contributed by atoms with E-state index < -0.39 is 0 Å². The molecule has 0 aliphatic rings. The fourth-order valence-corrected chi connectivity index (χ4v) is 3.32. The van der Waals surface area contributed by atoms with Crippen molar-refractivity contribution in [1.29, 1.82) is 0 Å². The molecule has 0 saturated heterocycles. The third kappa shape index (κ3) is 1.23. The van der Waals surface area contributed by atoms with Crippen LogP contribution in [-0.2, 0) is 0 Å². The average Bonchev–Trinajstić information content (AvgIpc) is 2.69. The number of methoxy groups -OCH3 is 1. The van der Waals surface area contributed by atoms with Gasteiger partial charge in [0.1, 0.15) is 5.75 Å². The molecule has 0 saturated carbocycles. The molecule has 2 aromatic carbocycles. The van der Waals surface area contributed by atoms with Crippen LogP contribution in [0.1, 0.15) is 5.56 Å². The van der Waals surface area contributed by atoms with E-state index in [-0.39, 0.29) is 0 Å². The molecule has 0 radical (unpaired) electrons. The molecule has 0 aliphatic carbocycles. The first-order valence-corrected chi connectivity index (χ1v) is 6.08. The highest BCUT2D eigenvalue weighted by atomic mass is 32.1. The molecule has 80 valence electrons. The summed E-state index contributed by atoms with van der Waals surface area (Å²) in [5.41, 5.74) is 1.24. The van der Waals surface area contributed by atoms with Crippen LogP contribution in [0.2, 0.25) is 0 Å². The number of hydrogen-bond acceptors (Lipinski definition) is 2. The largest absolute Gasteiger partial charge is 0.496 e. The molecular weight excluding hydrogens is 216 g/mol. The molecule has 16 heavy (non-hydrogen) atoms. The fraction of sp³-hybridized carbons (Fsp3) is 0.143. The van der Waals surface area contributed by atoms with Crippen LogP contribution in [0, 0.1) is 6.92 Å². The molecule has 2 heteroatoms. The second kappa shape index (κ2) is 3.49. The van der Waals surface area contributed by atoms with Crippen molar-refractivity contribution in [2.45, 2.75) is 6.92 Å². The first-order valence-electron chi connectivity index (χ1n) is 5.26. The summed E-state index contributed by atoms with van der Waals surface area (Å²) in [6.07, 6.45) is 0. The second-order valence-corrected chi connectivity index (χ2v) is 4.92. The van der Waals surface area contributed by atoms with Crippen LogP contribution < -0.4 is 4.74 Å². The van der Waals surface area contributed by atoms with Gasteiger partial charge in [-0.25, -0.2) is 0 Å². The van der Waals surface area contributed by atoms with E-state index in [1.165, 1.54) is 25.7 Å². The molecule has 0 bridgehead atoms. The van der Waals surface area contributed by atoms with Crippen molar-refractivity contribution in [2.24, 2.45) is 0 Å². The molecule has 0 aliphatic heterocycles. The van der Waals surface area contributed by atoms with Gasteiger partial charge in [-0.1, -0.05) is 18.2 Å². The summed E-state index contributed by atoms with van der Waals surface area (Å²) in [6, 6.07) is 12.7. The Bertz CT molecular complexity index is 667. The van der Waals surface area contributed by atoms with Gasteiger partial charge in [0.2, 0.25) is 0 Å². The number of hydrogen-bond donors (Lipinski definition) is 0. The highest BCUT2D eigenvalue weighted by Gasteiger charge is 2.09. The number of rotatable bonds is 1. The Morgan fingerprint density at radius 3 is 2.62 bits per heavy atom. The molecular formula is C14H12OS. The van der Waals surface area contributed by atoms with E-state index in [0.29, 0.717) is 0 Å².